The highest BCUT2D eigenvalue weighted by Gasteiger charge is 2.03. The minimum Gasteiger partial charge on any atom is -0.504 e. The third-order valence-electron chi connectivity index (χ3n) is 10.2. The van der Waals surface area contributed by atoms with Gasteiger partial charge in [-0.1, -0.05) is 199 Å². The lowest BCUT2D eigenvalue weighted by Crippen LogP contribution is -2.02. The average Bonchev–Trinajstić information content (AvgIpc) is 3.14. The molecule has 1 aromatic rings. The number of carbonyl (C=O) groups is 2. The van der Waals surface area contributed by atoms with Gasteiger partial charge in [0.05, 0.1) is 20.3 Å². The molecule has 0 atom stereocenters. The van der Waals surface area contributed by atoms with E-state index in [-0.39, 0.29) is 17.7 Å². The Hall–Kier alpha value is -2.50. The van der Waals surface area contributed by atoms with Gasteiger partial charge in [-0.2, -0.15) is 0 Å². The monoisotopic (exact) mass is 729 g/mol. The maximum Gasteiger partial charge on any atom is 0.330 e. The second kappa shape index (κ2) is 36.8. The standard InChI is InChI=1S/C46H80O6/c1-42(47)51-39-33-31-29-27-25-23-21-19-17-15-13-11-9-7-5-3-4-6-8-10-12-14-16-18-20-22-24-26-28-30-32-34-40-52-46(49)38-36-43-35-37-44(48)45(41-43)50-2/h35-38,41,48H,3-34,39-40H2,1-2H3/b38-36+. The van der Waals surface area contributed by atoms with Crippen molar-refractivity contribution < 1.29 is 28.9 Å². The van der Waals surface area contributed by atoms with Gasteiger partial charge >= 0.3 is 11.9 Å². The zero-order valence-electron chi connectivity index (χ0n) is 33.9. The van der Waals surface area contributed by atoms with E-state index in [1.165, 1.54) is 206 Å². The number of unbranched alkanes of at least 4 members (excludes halogenated alkanes) is 31. The van der Waals surface area contributed by atoms with Gasteiger partial charge in [0.1, 0.15) is 0 Å². The highest BCUT2D eigenvalue weighted by Crippen LogP contribution is 2.26. The number of hydrogen-bond acceptors (Lipinski definition) is 6. The lowest BCUT2D eigenvalue weighted by Gasteiger charge is -2.05. The number of methoxy groups -OCH3 is 1. The normalized spacial score (nSPS) is 11.3. The minimum absolute atomic E-state index is 0.0787. The molecule has 0 saturated heterocycles. The Bertz CT molecular complexity index is 989. The first-order valence-electron chi connectivity index (χ1n) is 21.9. The lowest BCUT2D eigenvalue weighted by molar-refractivity contribution is -0.141. The van der Waals surface area contributed by atoms with Gasteiger partial charge in [-0.15, -0.1) is 0 Å². The maximum absolute atomic E-state index is 11.9. The first-order valence-corrected chi connectivity index (χ1v) is 21.9. The van der Waals surface area contributed by atoms with E-state index >= 15 is 0 Å². The van der Waals surface area contributed by atoms with Gasteiger partial charge in [0, 0.05) is 13.0 Å². The molecule has 300 valence electrons. The Morgan fingerprint density at radius 1 is 0.500 bits per heavy atom. The molecule has 0 aromatic heterocycles. The number of rotatable bonds is 38. The molecule has 0 aliphatic rings. The smallest absolute Gasteiger partial charge is 0.330 e. The highest BCUT2D eigenvalue weighted by molar-refractivity contribution is 5.87. The minimum atomic E-state index is -0.335. The van der Waals surface area contributed by atoms with Crippen molar-refractivity contribution in [3.8, 4) is 11.5 Å². The zero-order valence-corrected chi connectivity index (χ0v) is 33.9. The molecule has 1 N–H and O–H groups in total. The Balaban J connectivity index is 1.69. The molecule has 0 bridgehead atoms. The van der Waals surface area contributed by atoms with Crippen LogP contribution in [0.15, 0.2) is 24.3 Å². The highest BCUT2D eigenvalue weighted by atomic mass is 16.5. The molecule has 6 nitrogen and oxygen atoms in total. The van der Waals surface area contributed by atoms with Gasteiger partial charge in [0.15, 0.2) is 11.5 Å². The van der Waals surface area contributed by atoms with Gasteiger partial charge < -0.3 is 19.3 Å². The van der Waals surface area contributed by atoms with Crippen LogP contribution in [-0.4, -0.2) is 37.4 Å². The summed E-state index contributed by atoms with van der Waals surface area (Å²) in [4.78, 5) is 22.7. The van der Waals surface area contributed by atoms with E-state index in [0.717, 1.165) is 24.8 Å². The third-order valence-corrected chi connectivity index (χ3v) is 10.2. The lowest BCUT2D eigenvalue weighted by atomic mass is 10.0. The van der Waals surface area contributed by atoms with Gasteiger partial charge in [0.25, 0.3) is 0 Å². The fourth-order valence-corrected chi connectivity index (χ4v) is 6.91. The maximum atomic E-state index is 11.9. The van der Waals surface area contributed by atoms with Crippen molar-refractivity contribution >= 4 is 18.0 Å². The van der Waals surface area contributed by atoms with Crippen LogP contribution in [0, 0.1) is 0 Å². The van der Waals surface area contributed by atoms with Crippen LogP contribution in [0.25, 0.3) is 6.08 Å². The summed E-state index contributed by atoms with van der Waals surface area (Å²) in [5.41, 5.74) is 0.776. The Labute approximate surface area is 320 Å². The first-order chi connectivity index (χ1) is 25.5. The van der Waals surface area contributed by atoms with E-state index in [1.807, 2.05) is 0 Å². The second-order valence-electron chi connectivity index (χ2n) is 15.1. The van der Waals surface area contributed by atoms with E-state index < -0.39 is 0 Å². The molecule has 6 heteroatoms. The summed E-state index contributed by atoms with van der Waals surface area (Å²) < 4.78 is 15.4. The van der Waals surface area contributed by atoms with Crippen molar-refractivity contribution in [1.29, 1.82) is 0 Å². The van der Waals surface area contributed by atoms with Crippen LogP contribution < -0.4 is 4.74 Å². The van der Waals surface area contributed by atoms with Crippen LogP contribution in [0.5, 0.6) is 11.5 Å². The molecule has 1 aromatic carbocycles. The van der Waals surface area contributed by atoms with E-state index in [2.05, 4.69) is 0 Å². The largest absolute Gasteiger partial charge is 0.504 e. The molecule has 0 heterocycles. The molecule has 0 fully saturated rings. The fourth-order valence-electron chi connectivity index (χ4n) is 6.91. The molecule has 52 heavy (non-hydrogen) atoms. The van der Waals surface area contributed by atoms with Gasteiger partial charge in [-0.25, -0.2) is 4.79 Å². The quantitative estimate of drug-likeness (QED) is 0.0415. The number of carbonyl (C=O) groups excluding carboxylic acids is 2. The second-order valence-corrected chi connectivity index (χ2v) is 15.1. The topological polar surface area (TPSA) is 82.1 Å². The molecule has 0 spiro atoms. The van der Waals surface area contributed by atoms with Gasteiger partial charge in [-0.3, -0.25) is 4.79 Å². The Morgan fingerprint density at radius 3 is 1.12 bits per heavy atom. The molecule has 0 amide bonds. The van der Waals surface area contributed by atoms with Gasteiger partial charge in [-0.05, 0) is 36.6 Å². The number of hydrogen-bond donors (Lipinski definition) is 1. The number of esters is 2. The molecule has 0 aliphatic carbocycles. The average molecular weight is 729 g/mol. The van der Waals surface area contributed by atoms with Crippen LogP contribution in [0.2, 0.25) is 0 Å². The van der Waals surface area contributed by atoms with Crippen LogP contribution in [0.1, 0.15) is 218 Å². The van der Waals surface area contributed by atoms with Crippen LogP contribution in [-0.2, 0) is 19.1 Å². The van der Waals surface area contributed by atoms with E-state index in [0.29, 0.717) is 19.0 Å². The zero-order chi connectivity index (χ0) is 37.6. The number of ether oxygens (including phenoxy) is 3. The van der Waals surface area contributed by atoms with Crippen LogP contribution >= 0.6 is 0 Å². The summed E-state index contributed by atoms with van der Waals surface area (Å²) >= 11 is 0. The summed E-state index contributed by atoms with van der Waals surface area (Å²) in [5, 5.41) is 9.65. The van der Waals surface area contributed by atoms with E-state index in [1.54, 1.807) is 24.3 Å². The van der Waals surface area contributed by atoms with Crippen molar-refractivity contribution in [3.05, 3.63) is 29.8 Å². The fraction of sp³-hybridized carbons (Fsp3) is 0.783. The summed E-state index contributed by atoms with van der Waals surface area (Å²) in [6.07, 6.45) is 46.4. The molecule has 0 radical (unpaired) electrons. The van der Waals surface area contributed by atoms with E-state index in [9.17, 15) is 14.7 Å². The predicted molar refractivity (Wildman–Crippen MR) is 219 cm³/mol. The summed E-state index contributed by atoms with van der Waals surface area (Å²) in [5.74, 6) is -0.0305. The van der Waals surface area contributed by atoms with Crippen molar-refractivity contribution in [2.24, 2.45) is 0 Å². The number of phenols is 1. The Kier molecular flexibility index (Phi) is 33.7. The van der Waals surface area contributed by atoms with E-state index in [4.69, 9.17) is 14.2 Å². The number of benzene rings is 1. The predicted octanol–water partition coefficient (Wildman–Crippen LogP) is 14.0. The molecule has 1 rings (SSSR count). The third kappa shape index (κ3) is 32.2. The molecule has 0 saturated carbocycles. The van der Waals surface area contributed by atoms with Crippen molar-refractivity contribution in [2.45, 2.75) is 212 Å². The molecule has 0 unspecified atom stereocenters. The Morgan fingerprint density at radius 2 is 0.808 bits per heavy atom. The number of aromatic hydroxyl groups is 1. The SMILES string of the molecule is COc1cc(/C=C/C(=O)OCCCCCCCCCCCCCCCCCCCCCCCCCCCCCCCCCCOC(C)=O)ccc1O. The van der Waals surface area contributed by atoms with Gasteiger partial charge in [0.2, 0.25) is 0 Å². The number of phenolic OH excluding ortho intramolecular Hbond substituents is 1. The molecular weight excluding hydrogens is 649 g/mol. The molecular formula is C46H80O6. The van der Waals surface area contributed by atoms with Crippen molar-refractivity contribution in [3.63, 3.8) is 0 Å². The van der Waals surface area contributed by atoms with Crippen molar-refractivity contribution in [1.82, 2.24) is 0 Å². The first kappa shape index (κ1) is 47.5. The van der Waals surface area contributed by atoms with Crippen LogP contribution in [0.3, 0.4) is 0 Å². The molecule has 0 aliphatic heterocycles. The summed E-state index contributed by atoms with van der Waals surface area (Å²) in [7, 11) is 1.50. The van der Waals surface area contributed by atoms with Crippen LogP contribution in [0.4, 0.5) is 0 Å². The van der Waals surface area contributed by atoms with Crippen molar-refractivity contribution in [2.75, 3.05) is 20.3 Å². The summed E-state index contributed by atoms with van der Waals surface area (Å²) in [6, 6.07) is 4.95. The summed E-state index contributed by atoms with van der Waals surface area (Å²) in [6.45, 7) is 2.55.